The molecule has 0 spiro atoms. The van der Waals surface area contributed by atoms with Gasteiger partial charge in [-0.25, -0.2) is 4.79 Å². The average molecular weight is 603 g/mol. The quantitative estimate of drug-likeness (QED) is 0.0539. The Balaban J connectivity index is 2.32. The molecule has 0 heterocycles. The Morgan fingerprint density at radius 3 is 2.38 bits per heavy atom. The summed E-state index contributed by atoms with van der Waals surface area (Å²) in [7, 11) is 1.68. The van der Waals surface area contributed by atoms with Gasteiger partial charge in [0.2, 0.25) is 11.8 Å². The third-order valence-corrected chi connectivity index (χ3v) is 6.60. The first-order valence-electron chi connectivity index (χ1n) is 12.0. The summed E-state index contributed by atoms with van der Waals surface area (Å²) in [6.45, 7) is -0.786. The van der Waals surface area contributed by atoms with Crippen LogP contribution in [0.15, 0.2) is 41.3 Å². The van der Waals surface area contributed by atoms with Crippen LogP contribution in [0.1, 0.15) is 28.8 Å². The van der Waals surface area contributed by atoms with Gasteiger partial charge < -0.3 is 36.6 Å². The highest BCUT2D eigenvalue weighted by Crippen LogP contribution is 2.36. The van der Waals surface area contributed by atoms with Crippen molar-refractivity contribution in [3.05, 3.63) is 57.6 Å². The van der Waals surface area contributed by atoms with E-state index in [0.29, 0.717) is 11.8 Å². The number of anilines is 1. The zero-order valence-corrected chi connectivity index (χ0v) is 22.8. The lowest BCUT2D eigenvalue weighted by Gasteiger charge is -2.18. The Morgan fingerprint density at radius 2 is 1.83 bits per heavy atom. The molecule has 2 amide bonds. The number of carbonyl (C=O) groups is 5. The summed E-state index contributed by atoms with van der Waals surface area (Å²) in [5.41, 5.74) is 5.36. The predicted octanol–water partition coefficient (Wildman–Crippen LogP) is 0.697. The van der Waals surface area contributed by atoms with Gasteiger partial charge in [-0.1, -0.05) is 0 Å². The second-order valence-electron chi connectivity index (χ2n) is 8.43. The van der Waals surface area contributed by atoms with Gasteiger partial charge in [-0.15, -0.1) is 11.8 Å². The smallest absolute Gasteiger partial charge is 0.343 e. The fraction of sp³-hybridized carbons (Fsp3) is 0.280. The number of carboxylic acid groups (broad SMARTS) is 2. The normalized spacial score (nSPS) is 11.7. The Kier molecular flexibility index (Phi) is 12.2. The number of nitro benzene ring substituents is 1. The summed E-state index contributed by atoms with van der Waals surface area (Å²) < 4.78 is 5.34. The van der Waals surface area contributed by atoms with Crippen LogP contribution < -0.4 is 26.4 Å². The molecular formula is C25H26N6O10S. The van der Waals surface area contributed by atoms with Crippen molar-refractivity contribution < 1.29 is 43.8 Å². The van der Waals surface area contributed by atoms with E-state index in [-0.39, 0.29) is 40.4 Å². The van der Waals surface area contributed by atoms with E-state index in [1.807, 2.05) is 0 Å². The summed E-state index contributed by atoms with van der Waals surface area (Å²) in [4.78, 5) is 70.3. The summed E-state index contributed by atoms with van der Waals surface area (Å²) >= 11 is 0.686. The Hall–Kier alpha value is -5.21. The van der Waals surface area contributed by atoms with E-state index in [2.05, 4.69) is 16.0 Å². The van der Waals surface area contributed by atoms with Crippen molar-refractivity contribution in [3.8, 4) is 11.8 Å². The number of hydrogen-bond acceptors (Lipinski definition) is 12. The number of rotatable bonds is 15. The van der Waals surface area contributed by atoms with Gasteiger partial charge in [0, 0.05) is 37.0 Å². The first-order chi connectivity index (χ1) is 19.9. The number of nitrogens with one attached hydrogen (secondary N) is 3. The van der Waals surface area contributed by atoms with Crippen molar-refractivity contribution >= 4 is 52.9 Å². The van der Waals surface area contributed by atoms with Crippen molar-refractivity contribution in [2.24, 2.45) is 5.73 Å². The number of nitro groups is 1. The van der Waals surface area contributed by atoms with Crippen LogP contribution in [0.2, 0.25) is 0 Å². The standard InChI is InChI=1S/C25H26N6O10S/c1-28-15-4-2-13(3-5-15)25(38)41-19-9-20(18(31(39)40)8-14(19)10-26)42-12-17(23(35)29-11-22(33)34)30-21(32)7-6-16(27)24(36)37/h2-5,8-9,16-17,28H,6-7,11-12,27H2,1H3,(H,29,35)(H,30,32)(H,33,34)(H,36,37)/t16-,17-/m0/s1. The SMILES string of the molecule is CNc1ccc(C(=O)Oc2cc(SC[C@H](NC(=O)CC[C@H](N)C(=O)O)C(=O)NCC(=O)O)c([N+](=O)[O-])cc2C#N)cc1. The summed E-state index contributed by atoms with van der Waals surface area (Å²) in [6.07, 6.45) is -0.640. The molecule has 0 fully saturated rings. The van der Waals surface area contributed by atoms with E-state index in [4.69, 9.17) is 20.7 Å². The number of nitrogens with two attached hydrogens (primary N) is 1. The van der Waals surface area contributed by atoms with Crippen LogP contribution in [0.5, 0.6) is 5.75 Å². The van der Waals surface area contributed by atoms with Crippen LogP contribution in [0, 0.1) is 21.4 Å². The third kappa shape index (κ3) is 9.76. The Labute approximate surface area is 242 Å². The molecule has 2 rings (SSSR count). The molecule has 0 radical (unpaired) electrons. The summed E-state index contributed by atoms with van der Waals surface area (Å²) in [5, 5.41) is 46.3. The second-order valence-corrected chi connectivity index (χ2v) is 9.49. The van der Waals surface area contributed by atoms with Crippen molar-refractivity contribution in [3.63, 3.8) is 0 Å². The fourth-order valence-electron chi connectivity index (χ4n) is 3.23. The molecule has 0 aliphatic carbocycles. The number of ether oxygens (including phenoxy) is 1. The van der Waals surface area contributed by atoms with E-state index < -0.39 is 59.0 Å². The van der Waals surface area contributed by atoms with E-state index in [1.54, 1.807) is 25.2 Å². The van der Waals surface area contributed by atoms with Crippen LogP contribution >= 0.6 is 11.8 Å². The second kappa shape index (κ2) is 15.5. The first kappa shape index (κ1) is 33.0. The molecule has 16 nitrogen and oxygen atoms in total. The third-order valence-electron chi connectivity index (χ3n) is 5.46. The lowest BCUT2D eigenvalue weighted by molar-refractivity contribution is -0.387. The minimum atomic E-state index is -1.42. The number of esters is 1. The van der Waals surface area contributed by atoms with E-state index in [1.165, 1.54) is 12.1 Å². The highest BCUT2D eigenvalue weighted by atomic mass is 32.2. The summed E-state index contributed by atoms with van der Waals surface area (Å²) in [5.74, 6) is -5.95. The monoisotopic (exact) mass is 602 g/mol. The van der Waals surface area contributed by atoms with Crippen molar-refractivity contribution in [2.45, 2.75) is 29.8 Å². The minimum absolute atomic E-state index is 0.130. The molecule has 7 N–H and O–H groups in total. The number of aliphatic carboxylic acids is 2. The highest BCUT2D eigenvalue weighted by Gasteiger charge is 2.26. The molecule has 2 aromatic carbocycles. The fourth-order valence-corrected chi connectivity index (χ4v) is 4.28. The Bertz CT molecular complexity index is 1410. The molecule has 0 bridgehead atoms. The molecule has 0 aliphatic heterocycles. The Morgan fingerprint density at radius 1 is 1.17 bits per heavy atom. The minimum Gasteiger partial charge on any atom is -0.480 e. The van der Waals surface area contributed by atoms with Crippen LogP contribution in [0.3, 0.4) is 0 Å². The van der Waals surface area contributed by atoms with E-state index in [9.17, 15) is 39.3 Å². The lowest BCUT2D eigenvalue weighted by atomic mass is 10.1. The molecule has 0 saturated carbocycles. The number of nitrogens with zero attached hydrogens (tertiary/aromatic N) is 2. The van der Waals surface area contributed by atoms with E-state index in [0.717, 1.165) is 17.8 Å². The van der Waals surface area contributed by atoms with Crippen molar-refractivity contribution in [1.29, 1.82) is 5.26 Å². The molecule has 0 aromatic heterocycles. The zero-order valence-electron chi connectivity index (χ0n) is 22.0. The van der Waals surface area contributed by atoms with E-state index >= 15 is 0 Å². The van der Waals surface area contributed by atoms with Gasteiger partial charge in [-0.2, -0.15) is 5.26 Å². The molecule has 0 saturated heterocycles. The number of hydrogen-bond donors (Lipinski definition) is 6. The number of thioether (sulfide) groups is 1. The van der Waals surface area contributed by atoms with Gasteiger partial charge in [-0.05, 0) is 30.7 Å². The maximum absolute atomic E-state index is 12.7. The van der Waals surface area contributed by atoms with Crippen molar-refractivity contribution in [2.75, 3.05) is 24.7 Å². The van der Waals surface area contributed by atoms with Crippen LogP contribution in [-0.4, -0.2) is 76.3 Å². The number of carbonyl (C=O) groups excluding carboxylic acids is 3. The van der Waals surface area contributed by atoms with Crippen LogP contribution in [0.25, 0.3) is 0 Å². The molecular weight excluding hydrogens is 576 g/mol. The number of carboxylic acids is 2. The summed E-state index contributed by atoms with van der Waals surface area (Å²) in [6, 6.07) is 7.08. The lowest BCUT2D eigenvalue weighted by Crippen LogP contribution is -2.49. The highest BCUT2D eigenvalue weighted by molar-refractivity contribution is 7.99. The molecule has 0 aliphatic rings. The largest absolute Gasteiger partial charge is 0.480 e. The first-order valence-corrected chi connectivity index (χ1v) is 13.0. The van der Waals surface area contributed by atoms with Crippen LogP contribution in [-0.2, 0) is 19.2 Å². The number of nitriles is 1. The topological polar surface area (TPSA) is 264 Å². The van der Waals surface area contributed by atoms with Gasteiger partial charge in [0.05, 0.1) is 15.4 Å². The average Bonchev–Trinajstić information content (AvgIpc) is 2.96. The maximum Gasteiger partial charge on any atom is 0.343 e. The van der Waals surface area contributed by atoms with Gasteiger partial charge in [0.15, 0.2) is 5.75 Å². The molecule has 2 atom stereocenters. The zero-order chi connectivity index (χ0) is 31.4. The molecule has 222 valence electrons. The van der Waals surface area contributed by atoms with Gasteiger partial charge in [0.25, 0.3) is 5.69 Å². The van der Waals surface area contributed by atoms with Crippen LogP contribution in [0.4, 0.5) is 11.4 Å². The van der Waals surface area contributed by atoms with Gasteiger partial charge >= 0.3 is 17.9 Å². The van der Waals surface area contributed by atoms with Gasteiger partial charge in [-0.3, -0.25) is 29.3 Å². The molecule has 0 unspecified atom stereocenters. The van der Waals surface area contributed by atoms with Crippen molar-refractivity contribution in [1.82, 2.24) is 10.6 Å². The maximum atomic E-state index is 12.7. The number of amides is 2. The molecule has 17 heteroatoms. The predicted molar refractivity (Wildman–Crippen MR) is 147 cm³/mol. The molecule has 42 heavy (non-hydrogen) atoms. The number of benzene rings is 2. The molecule has 2 aromatic rings. The van der Waals surface area contributed by atoms with Gasteiger partial charge in [0.1, 0.15) is 30.3 Å².